The summed E-state index contributed by atoms with van der Waals surface area (Å²) in [5.74, 6) is 2.58. The molecule has 16 heavy (non-hydrogen) atoms. The van der Waals surface area contributed by atoms with Gasteiger partial charge in [0.1, 0.15) is 11.5 Å². The first-order valence-corrected chi connectivity index (χ1v) is 5.60. The van der Waals surface area contributed by atoms with E-state index in [9.17, 15) is 0 Å². The van der Waals surface area contributed by atoms with E-state index in [0.717, 1.165) is 23.5 Å². The average molecular weight is 241 g/mol. The summed E-state index contributed by atoms with van der Waals surface area (Å²) in [5.41, 5.74) is 0.830. The molecule has 0 radical (unpaired) electrons. The largest absolute Gasteiger partial charge is 0.466 e. The second-order valence-electron chi connectivity index (χ2n) is 3.66. The zero-order valence-corrected chi connectivity index (χ0v) is 10.2. The van der Waals surface area contributed by atoms with E-state index in [0.29, 0.717) is 11.7 Å². The predicted octanol–water partition coefficient (Wildman–Crippen LogP) is 3.64. The smallest absolute Gasteiger partial charge is 0.261 e. The molecule has 0 saturated carbocycles. The fraction of sp³-hybridized carbons (Fsp3) is 0.455. The van der Waals surface area contributed by atoms with Gasteiger partial charge in [0.05, 0.1) is 10.9 Å². The van der Waals surface area contributed by atoms with Crippen LogP contribution in [0.3, 0.4) is 0 Å². The van der Waals surface area contributed by atoms with Crippen molar-refractivity contribution in [2.24, 2.45) is 0 Å². The second kappa shape index (κ2) is 4.29. The van der Waals surface area contributed by atoms with Crippen molar-refractivity contribution >= 4 is 11.6 Å². The Hall–Kier alpha value is -1.29. The highest BCUT2D eigenvalue weighted by Crippen LogP contribution is 2.28. The zero-order chi connectivity index (χ0) is 11.7. The molecule has 0 aromatic carbocycles. The Morgan fingerprint density at radius 2 is 2.19 bits per heavy atom. The van der Waals surface area contributed by atoms with Gasteiger partial charge < -0.3 is 8.94 Å². The molecule has 0 fully saturated rings. The van der Waals surface area contributed by atoms with Gasteiger partial charge in [-0.05, 0) is 26.3 Å². The van der Waals surface area contributed by atoms with Crippen LogP contribution in [-0.4, -0.2) is 10.1 Å². The highest BCUT2D eigenvalue weighted by molar-refractivity contribution is 6.20. The first kappa shape index (κ1) is 11.2. The fourth-order valence-electron chi connectivity index (χ4n) is 1.50. The lowest BCUT2D eigenvalue weighted by atomic mass is 10.2. The number of halogens is 1. The molecule has 0 spiro atoms. The first-order chi connectivity index (χ1) is 7.61. The van der Waals surface area contributed by atoms with Crippen LogP contribution in [0, 0.1) is 13.8 Å². The third-order valence-corrected chi connectivity index (χ3v) is 2.86. The van der Waals surface area contributed by atoms with Gasteiger partial charge in [0, 0.05) is 0 Å². The maximum absolute atomic E-state index is 6.03. The molecule has 0 amide bonds. The number of aryl methyl sites for hydroxylation is 2. The maximum Gasteiger partial charge on any atom is 0.261 e. The molecule has 0 bridgehead atoms. The van der Waals surface area contributed by atoms with Gasteiger partial charge in [-0.15, -0.1) is 11.6 Å². The molecule has 1 atom stereocenters. The fourth-order valence-corrected chi connectivity index (χ4v) is 1.59. The first-order valence-electron chi connectivity index (χ1n) is 5.17. The Morgan fingerprint density at radius 3 is 2.75 bits per heavy atom. The van der Waals surface area contributed by atoms with Gasteiger partial charge >= 0.3 is 0 Å². The summed E-state index contributed by atoms with van der Waals surface area (Å²) in [5, 5.41) is 3.65. The van der Waals surface area contributed by atoms with Crippen molar-refractivity contribution in [1.82, 2.24) is 10.1 Å². The standard InChI is InChI=1S/C11H13ClN2O2/c1-4-9(12)10-13-11(16-14-10)8-5-6(2)15-7(8)3/h5,9H,4H2,1-3H3. The normalized spacial score (nSPS) is 13.0. The van der Waals surface area contributed by atoms with Crippen LogP contribution in [-0.2, 0) is 0 Å². The number of alkyl halides is 1. The molecule has 0 aliphatic carbocycles. The Morgan fingerprint density at radius 1 is 1.44 bits per heavy atom. The number of hydrogen-bond acceptors (Lipinski definition) is 4. The van der Waals surface area contributed by atoms with Crippen molar-refractivity contribution in [3.05, 3.63) is 23.4 Å². The summed E-state index contributed by atoms with van der Waals surface area (Å²) in [7, 11) is 0. The topological polar surface area (TPSA) is 52.1 Å². The van der Waals surface area contributed by atoms with Gasteiger partial charge in [0.15, 0.2) is 5.82 Å². The van der Waals surface area contributed by atoms with Gasteiger partial charge in [-0.3, -0.25) is 0 Å². The number of furan rings is 1. The molecule has 1 unspecified atom stereocenters. The Labute approximate surface area is 98.6 Å². The van der Waals surface area contributed by atoms with Crippen molar-refractivity contribution < 1.29 is 8.94 Å². The molecular formula is C11H13ClN2O2. The maximum atomic E-state index is 6.03. The number of nitrogens with zero attached hydrogens (tertiary/aromatic N) is 2. The van der Waals surface area contributed by atoms with Crippen molar-refractivity contribution in [2.75, 3.05) is 0 Å². The van der Waals surface area contributed by atoms with E-state index in [-0.39, 0.29) is 5.38 Å². The van der Waals surface area contributed by atoms with Crippen molar-refractivity contribution in [2.45, 2.75) is 32.6 Å². The molecule has 0 N–H and O–H groups in total. The summed E-state index contributed by atoms with van der Waals surface area (Å²) in [6.45, 7) is 5.72. The third kappa shape index (κ3) is 1.97. The van der Waals surface area contributed by atoms with Gasteiger partial charge in [-0.25, -0.2) is 0 Å². The molecule has 2 heterocycles. The van der Waals surface area contributed by atoms with Gasteiger partial charge in [-0.1, -0.05) is 12.1 Å². The Balaban J connectivity index is 2.35. The van der Waals surface area contributed by atoms with E-state index in [4.69, 9.17) is 20.5 Å². The SMILES string of the molecule is CCC(Cl)c1noc(-c2cc(C)oc2C)n1. The molecule has 0 aliphatic rings. The predicted molar refractivity (Wildman–Crippen MR) is 60.4 cm³/mol. The van der Waals surface area contributed by atoms with Crippen LogP contribution in [0.15, 0.2) is 15.0 Å². The highest BCUT2D eigenvalue weighted by Gasteiger charge is 2.18. The van der Waals surface area contributed by atoms with Crippen molar-refractivity contribution in [3.63, 3.8) is 0 Å². The lowest BCUT2D eigenvalue weighted by Gasteiger charge is -1.95. The van der Waals surface area contributed by atoms with Crippen LogP contribution in [0.4, 0.5) is 0 Å². The monoisotopic (exact) mass is 240 g/mol. The van der Waals surface area contributed by atoms with Crippen LogP contribution >= 0.6 is 11.6 Å². The summed E-state index contributed by atoms with van der Waals surface area (Å²) in [6.07, 6.45) is 0.768. The van der Waals surface area contributed by atoms with E-state index >= 15 is 0 Å². The van der Waals surface area contributed by atoms with E-state index in [2.05, 4.69) is 10.1 Å². The lowest BCUT2D eigenvalue weighted by Crippen LogP contribution is -1.90. The summed E-state index contributed by atoms with van der Waals surface area (Å²) >= 11 is 6.03. The molecular weight excluding hydrogens is 228 g/mol. The van der Waals surface area contributed by atoms with Crippen LogP contribution in [0.2, 0.25) is 0 Å². The second-order valence-corrected chi connectivity index (χ2v) is 4.19. The minimum absolute atomic E-state index is 0.203. The summed E-state index contributed by atoms with van der Waals surface area (Å²) in [6, 6.07) is 1.88. The molecule has 2 aromatic heterocycles. The van der Waals surface area contributed by atoms with Gasteiger partial charge in [0.2, 0.25) is 0 Å². The lowest BCUT2D eigenvalue weighted by molar-refractivity contribution is 0.419. The van der Waals surface area contributed by atoms with Crippen LogP contribution < -0.4 is 0 Å². The van der Waals surface area contributed by atoms with E-state index < -0.39 is 0 Å². The zero-order valence-electron chi connectivity index (χ0n) is 9.45. The van der Waals surface area contributed by atoms with Crippen LogP contribution in [0.25, 0.3) is 11.5 Å². The quantitative estimate of drug-likeness (QED) is 0.769. The molecule has 4 nitrogen and oxygen atoms in total. The van der Waals surface area contributed by atoms with E-state index in [1.807, 2.05) is 26.8 Å². The van der Waals surface area contributed by atoms with Crippen molar-refractivity contribution in [3.8, 4) is 11.5 Å². The molecule has 2 aromatic rings. The highest BCUT2D eigenvalue weighted by atomic mass is 35.5. The molecule has 0 aliphatic heterocycles. The number of aromatic nitrogens is 2. The Kier molecular flexibility index (Phi) is 3.01. The molecule has 0 saturated heterocycles. The third-order valence-electron chi connectivity index (χ3n) is 2.35. The number of hydrogen-bond donors (Lipinski definition) is 0. The van der Waals surface area contributed by atoms with Crippen molar-refractivity contribution in [1.29, 1.82) is 0 Å². The number of rotatable bonds is 3. The van der Waals surface area contributed by atoms with Crippen LogP contribution in [0.5, 0.6) is 0 Å². The van der Waals surface area contributed by atoms with Crippen LogP contribution in [0.1, 0.15) is 36.1 Å². The average Bonchev–Trinajstić information content (AvgIpc) is 2.83. The summed E-state index contributed by atoms with van der Waals surface area (Å²) < 4.78 is 10.6. The Bertz CT molecular complexity index is 490. The molecule has 2 rings (SSSR count). The van der Waals surface area contributed by atoms with E-state index in [1.165, 1.54) is 0 Å². The molecule has 5 heteroatoms. The molecule has 86 valence electrons. The van der Waals surface area contributed by atoms with E-state index in [1.54, 1.807) is 0 Å². The van der Waals surface area contributed by atoms with Gasteiger partial charge in [0.25, 0.3) is 5.89 Å². The summed E-state index contributed by atoms with van der Waals surface area (Å²) in [4.78, 5) is 4.26. The minimum Gasteiger partial charge on any atom is -0.466 e. The minimum atomic E-state index is -0.203. The van der Waals surface area contributed by atoms with Gasteiger partial charge in [-0.2, -0.15) is 4.98 Å².